The molecule has 1 rings (SSSR count). The van der Waals surface area contributed by atoms with Crippen molar-refractivity contribution in [2.45, 2.75) is 12.2 Å². The summed E-state index contributed by atoms with van der Waals surface area (Å²) in [5, 5.41) is 28.3. The molecule has 0 bridgehead atoms. The summed E-state index contributed by atoms with van der Waals surface area (Å²) in [5.41, 5.74) is 4.86. The minimum atomic E-state index is -1.76. The van der Waals surface area contributed by atoms with Crippen LogP contribution in [0.5, 0.6) is 5.75 Å². The van der Waals surface area contributed by atoms with Crippen molar-refractivity contribution in [3.05, 3.63) is 28.2 Å². The Bertz CT molecular complexity index is 362. The molecule has 0 heterocycles. The highest BCUT2D eigenvalue weighted by molar-refractivity contribution is 9.10. The lowest BCUT2D eigenvalue weighted by Gasteiger charge is -2.17. The molecule has 0 saturated heterocycles. The molecular weight excluding hydrogens is 266 g/mol. The molecule has 2 unspecified atom stereocenters. The Morgan fingerprint density at radius 1 is 1.40 bits per heavy atom. The average Bonchev–Trinajstić information content (AvgIpc) is 2.15. The van der Waals surface area contributed by atoms with Crippen molar-refractivity contribution in [2.75, 3.05) is 0 Å². The van der Waals surface area contributed by atoms with Gasteiger partial charge in [0.05, 0.1) is 0 Å². The van der Waals surface area contributed by atoms with E-state index in [1.165, 1.54) is 6.07 Å². The number of rotatable bonds is 3. The summed E-state index contributed by atoms with van der Waals surface area (Å²) >= 11 is 3.08. The van der Waals surface area contributed by atoms with Gasteiger partial charge in [-0.25, -0.2) is 0 Å². The van der Waals surface area contributed by atoms with Crippen LogP contribution in [0.1, 0.15) is 11.7 Å². The van der Waals surface area contributed by atoms with Gasteiger partial charge in [-0.05, 0) is 12.1 Å². The molecule has 0 fully saturated rings. The number of benzene rings is 1. The first-order valence-electron chi connectivity index (χ1n) is 4.08. The zero-order valence-corrected chi connectivity index (χ0v) is 9.18. The number of primary amides is 1. The van der Waals surface area contributed by atoms with Crippen molar-refractivity contribution in [1.82, 2.24) is 0 Å². The van der Waals surface area contributed by atoms with Gasteiger partial charge in [-0.1, -0.05) is 22.0 Å². The lowest BCUT2D eigenvalue weighted by atomic mass is 10.0. The predicted molar refractivity (Wildman–Crippen MR) is 56.0 cm³/mol. The Kier molecular flexibility index (Phi) is 3.67. The topological polar surface area (TPSA) is 104 Å². The summed E-state index contributed by atoms with van der Waals surface area (Å²) in [6.45, 7) is 0. The maximum absolute atomic E-state index is 10.7. The molecule has 1 aromatic carbocycles. The zero-order chi connectivity index (χ0) is 11.6. The highest BCUT2D eigenvalue weighted by atomic mass is 79.9. The monoisotopic (exact) mass is 275 g/mol. The zero-order valence-electron chi connectivity index (χ0n) is 7.59. The Balaban J connectivity index is 3.10. The molecule has 0 aliphatic carbocycles. The van der Waals surface area contributed by atoms with Gasteiger partial charge >= 0.3 is 0 Å². The first-order chi connectivity index (χ1) is 6.95. The van der Waals surface area contributed by atoms with E-state index in [1.54, 1.807) is 12.1 Å². The van der Waals surface area contributed by atoms with E-state index in [1.807, 2.05) is 0 Å². The van der Waals surface area contributed by atoms with Crippen molar-refractivity contribution in [3.63, 3.8) is 0 Å². The fraction of sp³-hybridized carbons (Fsp3) is 0.222. The van der Waals surface area contributed by atoms with Gasteiger partial charge in [0.25, 0.3) is 0 Å². The SMILES string of the molecule is NC(=O)C(O)C(O)c1c(O)cccc1Br. The van der Waals surface area contributed by atoms with E-state index < -0.39 is 18.1 Å². The number of hydrogen-bond acceptors (Lipinski definition) is 4. The normalized spacial score (nSPS) is 14.6. The maximum atomic E-state index is 10.7. The van der Waals surface area contributed by atoms with E-state index in [4.69, 9.17) is 5.73 Å². The second kappa shape index (κ2) is 4.61. The molecule has 1 amide bonds. The highest BCUT2D eigenvalue weighted by Crippen LogP contribution is 2.33. The minimum Gasteiger partial charge on any atom is -0.508 e. The van der Waals surface area contributed by atoms with Gasteiger partial charge in [-0.3, -0.25) is 4.79 Å². The van der Waals surface area contributed by atoms with E-state index >= 15 is 0 Å². The molecule has 15 heavy (non-hydrogen) atoms. The number of halogens is 1. The van der Waals surface area contributed by atoms with E-state index in [-0.39, 0.29) is 11.3 Å². The van der Waals surface area contributed by atoms with Crippen molar-refractivity contribution in [1.29, 1.82) is 0 Å². The van der Waals surface area contributed by atoms with Crippen LogP contribution in [0.2, 0.25) is 0 Å². The van der Waals surface area contributed by atoms with Crippen molar-refractivity contribution >= 4 is 21.8 Å². The summed E-state index contributed by atoms with van der Waals surface area (Å²) in [7, 11) is 0. The second-order valence-electron chi connectivity index (χ2n) is 2.96. The lowest BCUT2D eigenvalue weighted by Crippen LogP contribution is -2.34. The average molecular weight is 276 g/mol. The fourth-order valence-electron chi connectivity index (χ4n) is 1.13. The Hall–Kier alpha value is -1.11. The number of amides is 1. The van der Waals surface area contributed by atoms with Crippen LogP contribution in [0.15, 0.2) is 22.7 Å². The van der Waals surface area contributed by atoms with Crippen LogP contribution >= 0.6 is 15.9 Å². The van der Waals surface area contributed by atoms with Gasteiger partial charge in [-0.2, -0.15) is 0 Å². The summed E-state index contributed by atoms with van der Waals surface area (Å²) < 4.78 is 0.385. The largest absolute Gasteiger partial charge is 0.508 e. The molecule has 0 aliphatic heterocycles. The third kappa shape index (κ3) is 2.47. The van der Waals surface area contributed by atoms with Crippen LogP contribution in [0, 0.1) is 0 Å². The van der Waals surface area contributed by atoms with Gasteiger partial charge in [0.15, 0.2) is 6.10 Å². The highest BCUT2D eigenvalue weighted by Gasteiger charge is 2.27. The van der Waals surface area contributed by atoms with Crippen LogP contribution in [0.3, 0.4) is 0 Å². The first kappa shape index (κ1) is 12.0. The van der Waals surface area contributed by atoms with E-state index in [0.717, 1.165) is 0 Å². The van der Waals surface area contributed by atoms with Gasteiger partial charge in [-0.15, -0.1) is 0 Å². The Morgan fingerprint density at radius 2 is 2.00 bits per heavy atom. The molecule has 0 aromatic heterocycles. The molecule has 1 aromatic rings. The number of nitrogens with two attached hydrogens (primary N) is 1. The number of carbonyl (C=O) groups is 1. The Morgan fingerprint density at radius 3 is 2.47 bits per heavy atom. The van der Waals surface area contributed by atoms with Gasteiger partial charge in [0.1, 0.15) is 11.9 Å². The van der Waals surface area contributed by atoms with Crippen LogP contribution in [-0.4, -0.2) is 27.3 Å². The van der Waals surface area contributed by atoms with Gasteiger partial charge in [0, 0.05) is 10.0 Å². The first-order valence-corrected chi connectivity index (χ1v) is 4.87. The summed E-state index contributed by atoms with van der Waals surface area (Å²) in [6, 6.07) is 4.44. The van der Waals surface area contributed by atoms with Gasteiger partial charge in [0.2, 0.25) is 5.91 Å². The Labute approximate surface area is 94.3 Å². The van der Waals surface area contributed by atoms with E-state index in [0.29, 0.717) is 4.47 Å². The molecule has 0 spiro atoms. The molecular formula is C9H10BrNO4. The number of carbonyl (C=O) groups excluding carboxylic acids is 1. The molecule has 0 aliphatic rings. The van der Waals surface area contributed by atoms with Crippen molar-refractivity contribution < 1.29 is 20.1 Å². The fourth-order valence-corrected chi connectivity index (χ4v) is 1.72. The number of hydrogen-bond donors (Lipinski definition) is 4. The van der Waals surface area contributed by atoms with Crippen LogP contribution in [-0.2, 0) is 4.79 Å². The van der Waals surface area contributed by atoms with Crippen molar-refractivity contribution in [2.24, 2.45) is 5.73 Å². The third-order valence-electron chi connectivity index (χ3n) is 1.92. The molecule has 0 radical (unpaired) electrons. The van der Waals surface area contributed by atoms with Crippen LogP contribution < -0.4 is 5.73 Å². The molecule has 2 atom stereocenters. The van der Waals surface area contributed by atoms with E-state index in [9.17, 15) is 20.1 Å². The minimum absolute atomic E-state index is 0.0313. The number of phenols is 1. The summed E-state index contributed by atoms with van der Waals surface area (Å²) in [6.07, 6.45) is -3.31. The van der Waals surface area contributed by atoms with E-state index in [2.05, 4.69) is 15.9 Å². The van der Waals surface area contributed by atoms with Crippen molar-refractivity contribution in [3.8, 4) is 5.75 Å². The lowest BCUT2D eigenvalue weighted by molar-refractivity contribution is -0.132. The molecule has 82 valence electrons. The number of aliphatic hydroxyl groups excluding tert-OH is 2. The van der Waals surface area contributed by atoms with Crippen LogP contribution in [0.4, 0.5) is 0 Å². The standard InChI is InChI=1S/C9H10BrNO4/c10-4-2-1-3-5(12)6(4)7(13)8(14)9(11)15/h1-3,7-8,12-14H,(H2,11,15). The molecule has 5 N–H and O–H groups in total. The quantitative estimate of drug-likeness (QED) is 0.625. The van der Waals surface area contributed by atoms with Crippen LogP contribution in [0.25, 0.3) is 0 Å². The molecule has 5 nitrogen and oxygen atoms in total. The molecule has 6 heteroatoms. The molecule has 0 saturated carbocycles. The number of aromatic hydroxyl groups is 1. The number of phenolic OH excluding ortho intramolecular Hbond substituents is 1. The van der Waals surface area contributed by atoms with Gasteiger partial charge < -0.3 is 21.1 Å². The smallest absolute Gasteiger partial charge is 0.249 e. The maximum Gasteiger partial charge on any atom is 0.249 e. The summed E-state index contributed by atoms with van der Waals surface area (Å²) in [5.74, 6) is -1.28. The second-order valence-corrected chi connectivity index (χ2v) is 3.82. The third-order valence-corrected chi connectivity index (χ3v) is 2.61. The number of aliphatic hydroxyl groups is 2. The summed E-state index contributed by atoms with van der Waals surface area (Å²) in [4.78, 5) is 10.7. The predicted octanol–water partition coefficient (Wildman–Crippen LogP) is 0.0343.